The van der Waals surface area contributed by atoms with Crippen LogP contribution in [0.25, 0.3) is 0 Å². The summed E-state index contributed by atoms with van der Waals surface area (Å²) in [6.07, 6.45) is 3.92. The predicted molar refractivity (Wildman–Crippen MR) is 100 cm³/mol. The topological polar surface area (TPSA) is 67.8 Å². The lowest BCUT2D eigenvalue weighted by Crippen LogP contribution is -2.42. The molecule has 7 nitrogen and oxygen atoms in total. The molecule has 2 aromatic rings. The number of piperidine rings is 1. The fourth-order valence-electron chi connectivity index (χ4n) is 3.81. The van der Waals surface area contributed by atoms with Crippen molar-refractivity contribution in [2.24, 2.45) is 5.92 Å². The molecular formula is C20H24N4O3. The summed E-state index contributed by atoms with van der Waals surface area (Å²) in [6, 6.07) is 12.0. The van der Waals surface area contributed by atoms with E-state index in [2.05, 4.69) is 27.0 Å². The molecule has 0 N–H and O–H groups in total. The van der Waals surface area contributed by atoms with Crippen LogP contribution >= 0.6 is 0 Å². The predicted octanol–water partition coefficient (Wildman–Crippen LogP) is 2.61. The van der Waals surface area contributed by atoms with Crippen molar-refractivity contribution in [3.05, 3.63) is 48.3 Å². The molecular weight excluding hydrogens is 344 g/mol. The second kappa shape index (κ2) is 7.92. The molecule has 1 amide bonds. The van der Waals surface area contributed by atoms with Crippen molar-refractivity contribution in [1.82, 2.24) is 15.0 Å². The highest BCUT2D eigenvalue weighted by Gasteiger charge is 2.37. The first-order valence-electron chi connectivity index (χ1n) is 9.38. The molecule has 0 radical (unpaired) electrons. The van der Waals surface area contributed by atoms with Crippen LogP contribution in [0.5, 0.6) is 5.88 Å². The Kier molecular flexibility index (Phi) is 5.20. The molecule has 3 heterocycles. The van der Waals surface area contributed by atoms with Crippen LogP contribution in [-0.2, 0) is 9.63 Å². The lowest BCUT2D eigenvalue weighted by Gasteiger charge is -2.34. The van der Waals surface area contributed by atoms with Gasteiger partial charge in [0.25, 0.3) is 0 Å². The Morgan fingerprint density at radius 2 is 1.93 bits per heavy atom. The van der Waals surface area contributed by atoms with E-state index in [-0.39, 0.29) is 17.9 Å². The quantitative estimate of drug-likeness (QED) is 0.826. The van der Waals surface area contributed by atoms with E-state index in [9.17, 15) is 4.79 Å². The Balaban J connectivity index is 1.39. The fraction of sp³-hybridized carbons (Fsp3) is 0.450. The molecule has 2 aliphatic heterocycles. The number of amides is 1. The minimum atomic E-state index is -0.0192. The molecule has 0 spiro atoms. The first kappa shape index (κ1) is 17.7. The summed E-state index contributed by atoms with van der Waals surface area (Å²) in [7, 11) is 1.59. The standard InChI is InChI=1S/C20H24N4O3/c1-26-19-13-18(21-14-22-19)23-10-7-16(8-11-23)20(25)24-17(9-12-27-24)15-5-3-2-4-6-15/h2-6,13-14,16-17H,7-12H2,1H3/t17-/m0/s1. The van der Waals surface area contributed by atoms with Crippen molar-refractivity contribution in [3.8, 4) is 5.88 Å². The Bertz CT molecular complexity index is 778. The fourth-order valence-corrected chi connectivity index (χ4v) is 3.81. The Hall–Kier alpha value is -2.67. The second-order valence-corrected chi connectivity index (χ2v) is 6.89. The van der Waals surface area contributed by atoms with Gasteiger partial charge >= 0.3 is 0 Å². The third kappa shape index (κ3) is 3.73. The van der Waals surface area contributed by atoms with Crippen LogP contribution in [-0.4, -0.2) is 47.7 Å². The number of ether oxygens (including phenoxy) is 1. The smallest absolute Gasteiger partial charge is 0.249 e. The van der Waals surface area contributed by atoms with Gasteiger partial charge in [-0.05, 0) is 18.4 Å². The van der Waals surface area contributed by atoms with Crippen LogP contribution in [0.4, 0.5) is 5.82 Å². The lowest BCUT2D eigenvalue weighted by molar-refractivity contribution is -0.182. The first-order chi connectivity index (χ1) is 13.3. The van der Waals surface area contributed by atoms with E-state index < -0.39 is 0 Å². The minimum Gasteiger partial charge on any atom is -0.481 e. The highest BCUT2D eigenvalue weighted by Crippen LogP contribution is 2.33. The Morgan fingerprint density at radius 3 is 2.67 bits per heavy atom. The molecule has 1 aromatic heterocycles. The van der Waals surface area contributed by atoms with E-state index >= 15 is 0 Å². The van der Waals surface area contributed by atoms with Crippen molar-refractivity contribution < 1.29 is 14.4 Å². The molecule has 1 atom stereocenters. The number of hydrogen-bond donors (Lipinski definition) is 0. The van der Waals surface area contributed by atoms with Crippen molar-refractivity contribution in [1.29, 1.82) is 0 Å². The number of methoxy groups -OCH3 is 1. The van der Waals surface area contributed by atoms with E-state index in [0.29, 0.717) is 12.5 Å². The molecule has 4 rings (SSSR count). The van der Waals surface area contributed by atoms with Gasteiger partial charge in [-0.1, -0.05) is 30.3 Å². The zero-order chi connectivity index (χ0) is 18.6. The van der Waals surface area contributed by atoms with Crippen molar-refractivity contribution in [3.63, 3.8) is 0 Å². The normalized spacial score (nSPS) is 20.7. The molecule has 0 bridgehead atoms. The number of benzene rings is 1. The number of nitrogens with zero attached hydrogens (tertiary/aromatic N) is 4. The summed E-state index contributed by atoms with van der Waals surface area (Å²) in [5, 5.41) is 1.61. The van der Waals surface area contributed by atoms with Crippen molar-refractivity contribution in [2.45, 2.75) is 25.3 Å². The van der Waals surface area contributed by atoms with Gasteiger partial charge in [0.2, 0.25) is 11.8 Å². The van der Waals surface area contributed by atoms with Crippen LogP contribution < -0.4 is 9.64 Å². The van der Waals surface area contributed by atoms with Gasteiger partial charge in [-0.3, -0.25) is 9.63 Å². The maximum absolute atomic E-state index is 13.1. The summed E-state index contributed by atoms with van der Waals surface area (Å²) in [6.45, 7) is 2.14. The lowest BCUT2D eigenvalue weighted by atomic mass is 9.94. The first-order valence-corrected chi connectivity index (χ1v) is 9.38. The third-order valence-corrected chi connectivity index (χ3v) is 5.31. The maximum Gasteiger partial charge on any atom is 0.249 e. The van der Waals surface area contributed by atoms with Gasteiger partial charge in [0.15, 0.2) is 0 Å². The summed E-state index contributed by atoms with van der Waals surface area (Å²) in [4.78, 5) is 29.3. The highest BCUT2D eigenvalue weighted by molar-refractivity contribution is 5.79. The molecule has 0 aliphatic carbocycles. The van der Waals surface area contributed by atoms with E-state index in [1.165, 1.54) is 6.33 Å². The van der Waals surface area contributed by atoms with Crippen LogP contribution in [0.3, 0.4) is 0 Å². The van der Waals surface area contributed by atoms with Gasteiger partial charge in [-0.2, -0.15) is 0 Å². The molecule has 7 heteroatoms. The highest BCUT2D eigenvalue weighted by atomic mass is 16.7. The number of aromatic nitrogens is 2. The zero-order valence-corrected chi connectivity index (χ0v) is 15.5. The number of rotatable bonds is 4. The molecule has 142 valence electrons. The maximum atomic E-state index is 13.1. The largest absolute Gasteiger partial charge is 0.481 e. The molecule has 2 aliphatic rings. The average molecular weight is 368 g/mol. The number of hydrogen-bond acceptors (Lipinski definition) is 6. The summed E-state index contributed by atoms with van der Waals surface area (Å²) in [5.41, 5.74) is 1.13. The Labute approximate surface area is 158 Å². The molecule has 0 unspecified atom stereocenters. The van der Waals surface area contributed by atoms with Gasteiger partial charge in [-0.25, -0.2) is 15.0 Å². The molecule has 1 aromatic carbocycles. The van der Waals surface area contributed by atoms with Crippen molar-refractivity contribution >= 4 is 11.7 Å². The summed E-state index contributed by atoms with van der Waals surface area (Å²) >= 11 is 0. The van der Waals surface area contributed by atoms with Gasteiger partial charge in [-0.15, -0.1) is 0 Å². The monoisotopic (exact) mass is 368 g/mol. The van der Waals surface area contributed by atoms with Gasteiger partial charge in [0, 0.05) is 31.5 Å². The number of anilines is 1. The molecule has 0 saturated carbocycles. The third-order valence-electron chi connectivity index (χ3n) is 5.31. The van der Waals surface area contributed by atoms with Gasteiger partial charge in [0.1, 0.15) is 12.1 Å². The van der Waals surface area contributed by atoms with Crippen LogP contribution in [0.1, 0.15) is 30.9 Å². The zero-order valence-electron chi connectivity index (χ0n) is 15.5. The minimum absolute atomic E-state index is 0.0165. The average Bonchev–Trinajstić information content (AvgIpc) is 3.24. The Morgan fingerprint density at radius 1 is 1.15 bits per heavy atom. The van der Waals surface area contributed by atoms with E-state index in [1.54, 1.807) is 12.2 Å². The summed E-state index contributed by atoms with van der Waals surface area (Å²) < 4.78 is 5.17. The number of carbonyl (C=O) groups is 1. The van der Waals surface area contributed by atoms with E-state index in [4.69, 9.17) is 9.57 Å². The molecule has 2 saturated heterocycles. The number of hydroxylamine groups is 2. The molecule has 2 fully saturated rings. The van der Waals surface area contributed by atoms with E-state index in [0.717, 1.165) is 43.7 Å². The second-order valence-electron chi connectivity index (χ2n) is 6.89. The van der Waals surface area contributed by atoms with Crippen LogP contribution in [0.2, 0.25) is 0 Å². The van der Waals surface area contributed by atoms with Crippen molar-refractivity contribution in [2.75, 3.05) is 31.7 Å². The number of carbonyl (C=O) groups excluding carboxylic acids is 1. The van der Waals surface area contributed by atoms with E-state index in [1.807, 2.05) is 24.3 Å². The summed E-state index contributed by atoms with van der Waals surface area (Å²) in [5.74, 6) is 1.47. The SMILES string of the molecule is COc1cc(N2CCC(C(=O)N3OCC[C@H]3c3ccccc3)CC2)ncn1. The van der Waals surface area contributed by atoms with Gasteiger partial charge < -0.3 is 9.64 Å². The van der Waals surface area contributed by atoms with Crippen LogP contribution in [0.15, 0.2) is 42.7 Å². The van der Waals surface area contributed by atoms with Gasteiger partial charge in [0.05, 0.1) is 19.8 Å². The molecule has 27 heavy (non-hydrogen) atoms. The van der Waals surface area contributed by atoms with Crippen LogP contribution in [0, 0.1) is 5.92 Å².